The molecule has 0 saturated heterocycles. The zero-order valence-corrected chi connectivity index (χ0v) is 14.6. The topological polar surface area (TPSA) is 34.8 Å². The fraction of sp³-hybridized carbons (Fsp3) is 0.300. The quantitative estimate of drug-likeness (QED) is 0.529. The van der Waals surface area contributed by atoms with E-state index in [9.17, 15) is 0 Å². The lowest BCUT2D eigenvalue weighted by molar-refractivity contribution is -0.634. The summed E-state index contributed by atoms with van der Waals surface area (Å²) < 4.78 is 10.4. The largest absolute Gasteiger partial charge is 0.443 e. The Hall–Kier alpha value is -2.62. The van der Waals surface area contributed by atoms with Gasteiger partial charge in [0.25, 0.3) is 5.82 Å². The number of rotatable bonds is 3. The summed E-state index contributed by atoms with van der Waals surface area (Å²) in [6.07, 6.45) is 1.53. The van der Waals surface area contributed by atoms with E-state index in [0.717, 1.165) is 23.2 Å². The molecule has 0 fully saturated rings. The van der Waals surface area contributed by atoms with E-state index in [1.165, 1.54) is 28.8 Å². The van der Waals surface area contributed by atoms with Crippen molar-refractivity contribution in [3.8, 4) is 11.4 Å². The number of nitrogens with zero attached hydrogens (tertiary/aromatic N) is 3. The molecule has 2 heterocycles. The highest BCUT2D eigenvalue weighted by Crippen LogP contribution is 2.32. The first-order valence-electron chi connectivity index (χ1n) is 8.38. The molecule has 4 nitrogen and oxygen atoms in total. The van der Waals surface area contributed by atoms with E-state index in [0.29, 0.717) is 5.92 Å². The van der Waals surface area contributed by atoms with Gasteiger partial charge in [0.05, 0.1) is 13.6 Å². The van der Waals surface area contributed by atoms with Gasteiger partial charge in [-0.3, -0.25) is 0 Å². The standard InChI is InChI=1S/C20H22N3O/c1-13(2)11-23-17-8-6-5-7-16(17)22(4)20(23)18-14(3)9-10-15-19(18)24-12-21-15/h5-10,12-13H,11H2,1-4H3/q+1. The molecule has 4 rings (SSSR count). The number of aromatic nitrogens is 3. The molecule has 0 aliphatic heterocycles. The molecule has 0 bridgehead atoms. The van der Waals surface area contributed by atoms with Crippen LogP contribution in [0.25, 0.3) is 33.5 Å². The smallest absolute Gasteiger partial charge is 0.293 e. The van der Waals surface area contributed by atoms with Gasteiger partial charge in [-0.2, -0.15) is 0 Å². The lowest BCUT2D eigenvalue weighted by atomic mass is 10.1. The van der Waals surface area contributed by atoms with Gasteiger partial charge in [-0.1, -0.05) is 32.0 Å². The van der Waals surface area contributed by atoms with E-state index < -0.39 is 0 Å². The third-order valence-electron chi connectivity index (χ3n) is 4.59. The van der Waals surface area contributed by atoms with Gasteiger partial charge in [0.2, 0.25) is 0 Å². The maximum atomic E-state index is 5.76. The van der Waals surface area contributed by atoms with Crippen LogP contribution in [0.2, 0.25) is 0 Å². The van der Waals surface area contributed by atoms with Crippen molar-refractivity contribution in [1.29, 1.82) is 0 Å². The van der Waals surface area contributed by atoms with Crippen molar-refractivity contribution in [2.24, 2.45) is 13.0 Å². The summed E-state index contributed by atoms with van der Waals surface area (Å²) in [5.41, 5.74) is 6.56. The van der Waals surface area contributed by atoms with Gasteiger partial charge in [-0.15, -0.1) is 0 Å². The van der Waals surface area contributed by atoms with Gasteiger partial charge < -0.3 is 4.42 Å². The van der Waals surface area contributed by atoms with E-state index in [1.54, 1.807) is 0 Å². The van der Waals surface area contributed by atoms with Gasteiger partial charge in [-0.25, -0.2) is 14.1 Å². The summed E-state index contributed by atoms with van der Waals surface area (Å²) in [6, 6.07) is 12.7. The third kappa shape index (κ3) is 2.13. The maximum Gasteiger partial charge on any atom is 0.293 e. The Balaban J connectivity index is 2.14. The van der Waals surface area contributed by atoms with Crippen molar-refractivity contribution < 1.29 is 8.98 Å². The summed E-state index contributed by atoms with van der Waals surface area (Å²) in [7, 11) is 2.13. The van der Waals surface area contributed by atoms with Gasteiger partial charge in [-0.05, 0) is 36.6 Å². The SMILES string of the molecule is Cc1ccc2ncoc2c1-c1n(CC(C)C)c2ccccc2[n+]1C. The minimum absolute atomic E-state index is 0.550. The minimum atomic E-state index is 0.550. The van der Waals surface area contributed by atoms with Crippen LogP contribution in [0, 0.1) is 12.8 Å². The fourth-order valence-corrected chi connectivity index (χ4v) is 3.54. The summed E-state index contributed by atoms with van der Waals surface area (Å²) in [6.45, 7) is 7.59. The Morgan fingerprint density at radius 1 is 1.17 bits per heavy atom. The molecule has 0 amide bonds. The Morgan fingerprint density at radius 2 is 1.96 bits per heavy atom. The molecule has 24 heavy (non-hydrogen) atoms. The number of oxazole rings is 1. The Morgan fingerprint density at radius 3 is 2.75 bits per heavy atom. The molecular weight excluding hydrogens is 298 g/mol. The van der Waals surface area contributed by atoms with Crippen LogP contribution < -0.4 is 4.57 Å². The number of aryl methyl sites for hydroxylation is 2. The molecule has 0 aliphatic rings. The molecule has 0 N–H and O–H groups in total. The molecule has 0 radical (unpaired) electrons. The van der Waals surface area contributed by atoms with Crippen molar-refractivity contribution in [2.45, 2.75) is 27.3 Å². The molecule has 0 atom stereocenters. The van der Waals surface area contributed by atoms with Crippen molar-refractivity contribution in [2.75, 3.05) is 0 Å². The van der Waals surface area contributed by atoms with E-state index in [2.05, 4.69) is 72.3 Å². The van der Waals surface area contributed by atoms with Gasteiger partial charge in [0, 0.05) is 0 Å². The molecule has 0 aliphatic carbocycles. The van der Waals surface area contributed by atoms with Gasteiger partial charge >= 0.3 is 0 Å². The molecule has 2 aromatic carbocycles. The predicted octanol–water partition coefficient (Wildman–Crippen LogP) is 4.24. The highest BCUT2D eigenvalue weighted by Gasteiger charge is 2.28. The zero-order valence-electron chi connectivity index (χ0n) is 14.6. The van der Waals surface area contributed by atoms with Crippen molar-refractivity contribution >= 4 is 22.1 Å². The van der Waals surface area contributed by atoms with Crippen LogP contribution in [0.15, 0.2) is 47.2 Å². The molecule has 122 valence electrons. The van der Waals surface area contributed by atoms with E-state index in [1.807, 2.05) is 6.07 Å². The second kappa shape index (κ2) is 5.48. The molecule has 4 aromatic rings. The molecule has 2 aromatic heterocycles. The highest BCUT2D eigenvalue weighted by molar-refractivity contribution is 5.91. The van der Waals surface area contributed by atoms with Gasteiger partial charge in [0.15, 0.2) is 23.0 Å². The maximum absolute atomic E-state index is 5.76. The molecular formula is C20H22N3O+. The fourth-order valence-electron chi connectivity index (χ4n) is 3.54. The van der Waals surface area contributed by atoms with Crippen LogP contribution in [0.3, 0.4) is 0 Å². The van der Waals surface area contributed by atoms with Crippen molar-refractivity contribution in [3.63, 3.8) is 0 Å². The monoisotopic (exact) mass is 320 g/mol. The van der Waals surface area contributed by atoms with Crippen LogP contribution >= 0.6 is 0 Å². The molecule has 0 spiro atoms. The first-order valence-corrected chi connectivity index (χ1v) is 8.38. The second-order valence-corrected chi connectivity index (χ2v) is 6.83. The number of fused-ring (bicyclic) bond motifs is 2. The summed E-state index contributed by atoms with van der Waals surface area (Å²) in [5, 5.41) is 0. The number of hydrogen-bond donors (Lipinski definition) is 0. The van der Waals surface area contributed by atoms with E-state index >= 15 is 0 Å². The highest BCUT2D eigenvalue weighted by atomic mass is 16.3. The van der Waals surface area contributed by atoms with Crippen LogP contribution in [0.1, 0.15) is 19.4 Å². The number of hydrogen-bond acceptors (Lipinski definition) is 2. The number of imidazole rings is 1. The van der Waals surface area contributed by atoms with Crippen LogP contribution in [0.4, 0.5) is 0 Å². The average Bonchev–Trinajstić information content (AvgIpc) is 3.13. The first kappa shape index (κ1) is 14.9. The van der Waals surface area contributed by atoms with Gasteiger partial charge in [0.1, 0.15) is 11.1 Å². The second-order valence-electron chi connectivity index (χ2n) is 6.83. The minimum Gasteiger partial charge on any atom is -0.443 e. The van der Waals surface area contributed by atoms with E-state index in [4.69, 9.17) is 4.42 Å². The van der Waals surface area contributed by atoms with Crippen LogP contribution in [-0.2, 0) is 13.6 Å². The van der Waals surface area contributed by atoms with Crippen molar-refractivity contribution in [3.05, 3.63) is 48.4 Å². The summed E-state index contributed by atoms with van der Waals surface area (Å²) >= 11 is 0. The molecule has 0 saturated carbocycles. The Labute approximate surface area is 141 Å². The molecule has 4 heteroatoms. The molecule has 0 unspecified atom stereocenters. The number of benzene rings is 2. The summed E-state index contributed by atoms with van der Waals surface area (Å²) in [4.78, 5) is 4.33. The number of para-hydroxylation sites is 2. The van der Waals surface area contributed by atoms with Crippen LogP contribution in [-0.4, -0.2) is 9.55 Å². The van der Waals surface area contributed by atoms with Crippen LogP contribution in [0.5, 0.6) is 0 Å². The lowest BCUT2D eigenvalue weighted by Gasteiger charge is -2.08. The summed E-state index contributed by atoms with van der Waals surface area (Å²) in [5.74, 6) is 1.72. The first-order chi connectivity index (χ1) is 11.6. The predicted molar refractivity (Wildman–Crippen MR) is 95.7 cm³/mol. The Bertz CT molecular complexity index is 1040. The Kier molecular flexibility index (Phi) is 3.41. The average molecular weight is 320 g/mol. The van der Waals surface area contributed by atoms with Crippen molar-refractivity contribution in [1.82, 2.24) is 9.55 Å². The normalized spacial score (nSPS) is 11.9. The lowest BCUT2D eigenvalue weighted by Crippen LogP contribution is -2.31. The van der Waals surface area contributed by atoms with E-state index in [-0.39, 0.29) is 0 Å². The zero-order chi connectivity index (χ0) is 16.8. The third-order valence-corrected chi connectivity index (χ3v) is 4.59.